The first-order valence-electron chi connectivity index (χ1n) is 9.44. The lowest BCUT2D eigenvalue weighted by Crippen LogP contribution is -2.32. The molecule has 1 N–H and O–H groups in total. The van der Waals surface area contributed by atoms with Crippen LogP contribution in [0.5, 0.6) is 5.75 Å². The third-order valence-corrected chi connectivity index (χ3v) is 4.49. The first kappa shape index (κ1) is 20.8. The number of pyridine rings is 1. The Morgan fingerprint density at radius 3 is 2.72 bits per heavy atom. The molecule has 0 saturated heterocycles. The first-order chi connectivity index (χ1) is 14.0. The molecular formula is C21H23ClN4O3. The molecule has 0 fully saturated rings. The van der Waals surface area contributed by atoms with Crippen LogP contribution in [0.15, 0.2) is 53.3 Å². The van der Waals surface area contributed by atoms with Crippen LogP contribution in [-0.4, -0.2) is 27.6 Å². The highest BCUT2D eigenvalue weighted by Crippen LogP contribution is 2.23. The van der Waals surface area contributed by atoms with Crippen molar-refractivity contribution >= 4 is 17.5 Å². The van der Waals surface area contributed by atoms with Gasteiger partial charge in [-0.3, -0.25) is 9.78 Å². The molecule has 7 nitrogen and oxygen atoms in total. The molecule has 0 bridgehead atoms. The third-order valence-electron chi connectivity index (χ3n) is 4.24. The van der Waals surface area contributed by atoms with Crippen molar-refractivity contribution < 1.29 is 14.1 Å². The predicted octanol–water partition coefficient (Wildman–Crippen LogP) is 4.46. The molecule has 152 valence electrons. The minimum absolute atomic E-state index is 0.0893. The average Bonchev–Trinajstić information content (AvgIpc) is 3.21. The predicted molar refractivity (Wildman–Crippen MR) is 109 cm³/mol. The molecule has 0 radical (unpaired) electrons. The van der Waals surface area contributed by atoms with E-state index >= 15 is 0 Å². The standard InChI is InChI=1S/C21H23ClN4O3/c1-14(2)19(21-25-20(26-29-21)15-5-3-11-23-13-15)24-18(27)6-4-12-28-17-9-7-16(22)8-10-17/h3,5,7-11,13-14,19H,4,6,12H2,1-2H3,(H,24,27). The lowest BCUT2D eigenvalue weighted by atomic mass is 10.0. The largest absolute Gasteiger partial charge is 0.494 e. The second kappa shape index (κ2) is 10.0. The van der Waals surface area contributed by atoms with Crippen molar-refractivity contribution in [3.8, 4) is 17.1 Å². The quantitative estimate of drug-likeness (QED) is 0.520. The molecule has 8 heteroatoms. The maximum absolute atomic E-state index is 12.4. The number of hydrogen-bond donors (Lipinski definition) is 1. The number of amides is 1. The van der Waals surface area contributed by atoms with Crippen LogP contribution in [0.1, 0.15) is 38.6 Å². The van der Waals surface area contributed by atoms with E-state index < -0.39 is 0 Å². The van der Waals surface area contributed by atoms with Crippen LogP contribution < -0.4 is 10.1 Å². The molecule has 3 aromatic rings. The van der Waals surface area contributed by atoms with Gasteiger partial charge in [0, 0.05) is 29.4 Å². The van der Waals surface area contributed by atoms with Gasteiger partial charge in [-0.15, -0.1) is 0 Å². The lowest BCUT2D eigenvalue weighted by Gasteiger charge is -2.18. The van der Waals surface area contributed by atoms with E-state index in [-0.39, 0.29) is 17.9 Å². The zero-order valence-electron chi connectivity index (χ0n) is 16.3. The minimum atomic E-state index is -0.363. The summed E-state index contributed by atoms with van der Waals surface area (Å²) in [4.78, 5) is 20.9. The van der Waals surface area contributed by atoms with E-state index in [9.17, 15) is 4.79 Å². The lowest BCUT2D eigenvalue weighted by molar-refractivity contribution is -0.122. The molecule has 0 aliphatic rings. The Hall–Kier alpha value is -2.93. The highest BCUT2D eigenvalue weighted by atomic mass is 35.5. The molecule has 0 aliphatic heterocycles. The Morgan fingerprint density at radius 1 is 1.24 bits per heavy atom. The summed E-state index contributed by atoms with van der Waals surface area (Å²) in [5.41, 5.74) is 0.760. The third kappa shape index (κ3) is 6.02. The van der Waals surface area contributed by atoms with Crippen LogP contribution >= 0.6 is 11.6 Å². The molecule has 1 unspecified atom stereocenters. The molecular weight excluding hydrogens is 392 g/mol. The molecule has 3 rings (SSSR count). The van der Waals surface area contributed by atoms with E-state index in [2.05, 4.69) is 20.4 Å². The van der Waals surface area contributed by atoms with Crippen molar-refractivity contribution in [2.45, 2.75) is 32.7 Å². The molecule has 2 heterocycles. The highest BCUT2D eigenvalue weighted by molar-refractivity contribution is 6.30. The van der Waals surface area contributed by atoms with Crippen molar-refractivity contribution in [1.29, 1.82) is 0 Å². The Bertz CT molecular complexity index is 913. The average molecular weight is 415 g/mol. The fourth-order valence-electron chi connectivity index (χ4n) is 2.69. The van der Waals surface area contributed by atoms with Gasteiger partial charge >= 0.3 is 0 Å². The molecule has 1 aromatic carbocycles. The molecule has 2 aromatic heterocycles. The SMILES string of the molecule is CC(C)C(NC(=O)CCCOc1ccc(Cl)cc1)c1nc(-c2cccnc2)no1. The summed E-state index contributed by atoms with van der Waals surface area (Å²) in [6.45, 7) is 4.41. The monoisotopic (exact) mass is 414 g/mol. The van der Waals surface area contributed by atoms with Gasteiger partial charge in [0.25, 0.3) is 0 Å². The van der Waals surface area contributed by atoms with Gasteiger partial charge in [0.2, 0.25) is 17.6 Å². The van der Waals surface area contributed by atoms with Crippen LogP contribution in [0.3, 0.4) is 0 Å². The van der Waals surface area contributed by atoms with E-state index in [1.807, 2.05) is 19.9 Å². The number of carbonyl (C=O) groups is 1. The van der Waals surface area contributed by atoms with Gasteiger partial charge < -0.3 is 14.6 Å². The second-order valence-corrected chi connectivity index (χ2v) is 7.33. The summed E-state index contributed by atoms with van der Waals surface area (Å²) in [6.07, 6.45) is 4.26. The molecule has 0 spiro atoms. The number of nitrogens with one attached hydrogen (secondary N) is 1. The molecule has 1 amide bonds. The number of hydrogen-bond acceptors (Lipinski definition) is 6. The Morgan fingerprint density at radius 2 is 2.03 bits per heavy atom. The smallest absolute Gasteiger partial charge is 0.249 e. The summed E-state index contributed by atoms with van der Waals surface area (Å²) in [6, 6.07) is 10.4. The van der Waals surface area contributed by atoms with Crippen LogP contribution in [-0.2, 0) is 4.79 Å². The normalized spacial score (nSPS) is 12.0. The molecule has 1 atom stereocenters. The van der Waals surface area contributed by atoms with Crippen molar-refractivity contribution in [1.82, 2.24) is 20.4 Å². The fourth-order valence-corrected chi connectivity index (χ4v) is 2.81. The van der Waals surface area contributed by atoms with Gasteiger partial charge in [-0.2, -0.15) is 4.98 Å². The highest BCUT2D eigenvalue weighted by Gasteiger charge is 2.24. The van der Waals surface area contributed by atoms with Crippen LogP contribution in [0, 0.1) is 5.92 Å². The Balaban J connectivity index is 1.51. The number of nitrogens with zero attached hydrogens (tertiary/aromatic N) is 3. The van der Waals surface area contributed by atoms with Crippen molar-refractivity contribution in [3.63, 3.8) is 0 Å². The van der Waals surface area contributed by atoms with E-state index in [0.29, 0.717) is 36.2 Å². The Kier molecular flexibility index (Phi) is 7.19. The minimum Gasteiger partial charge on any atom is -0.494 e. The van der Waals surface area contributed by atoms with Gasteiger partial charge in [0.15, 0.2) is 0 Å². The summed E-state index contributed by atoms with van der Waals surface area (Å²) >= 11 is 5.85. The number of carbonyl (C=O) groups excluding carboxylic acids is 1. The number of halogens is 1. The number of ether oxygens (including phenoxy) is 1. The Labute approximate surface area is 174 Å². The summed E-state index contributed by atoms with van der Waals surface area (Å²) in [5, 5.41) is 7.64. The van der Waals surface area contributed by atoms with Gasteiger partial charge in [0.1, 0.15) is 11.8 Å². The fraction of sp³-hybridized carbons (Fsp3) is 0.333. The number of rotatable bonds is 9. The zero-order valence-corrected chi connectivity index (χ0v) is 17.1. The second-order valence-electron chi connectivity index (χ2n) is 6.89. The summed E-state index contributed by atoms with van der Waals surface area (Å²) in [5.74, 6) is 1.55. The number of aromatic nitrogens is 3. The van der Waals surface area contributed by atoms with Crippen molar-refractivity contribution in [2.24, 2.45) is 5.92 Å². The topological polar surface area (TPSA) is 90.1 Å². The van der Waals surface area contributed by atoms with Gasteiger partial charge in [-0.25, -0.2) is 0 Å². The van der Waals surface area contributed by atoms with Gasteiger partial charge in [0.05, 0.1) is 6.61 Å². The summed E-state index contributed by atoms with van der Waals surface area (Å²) < 4.78 is 11.0. The van der Waals surface area contributed by atoms with E-state index in [0.717, 1.165) is 11.3 Å². The molecule has 0 saturated carbocycles. The van der Waals surface area contributed by atoms with E-state index in [1.54, 1.807) is 42.7 Å². The molecule has 29 heavy (non-hydrogen) atoms. The van der Waals surface area contributed by atoms with Gasteiger partial charge in [-0.05, 0) is 48.7 Å². The van der Waals surface area contributed by atoms with Crippen LogP contribution in [0.25, 0.3) is 11.4 Å². The maximum atomic E-state index is 12.4. The van der Waals surface area contributed by atoms with E-state index in [4.69, 9.17) is 20.9 Å². The van der Waals surface area contributed by atoms with Crippen molar-refractivity contribution in [2.75, 3.05) is 6.61 Å². The van der Waals surface area contributed by atoms with Crippen molar-refractivity contribution in [3.05, 3.63) is 59.7 Å². The maximum Gasteiger partial charge on any atom is 0.249 e. The van der Waals surface area contributed by atoms with Gasteiger partial charge in [-0.1, -0.05) is 30.6 Å². The van der Waals surface area contributed by atoms with E-state index in [1.165, 1.54) is 0 Å². The molecule has 0 aliphatic carbocycles. The van der Waals surface area contributed by atoms with Crippen LogP contribution in [0.2, 0.25) is 5.02 Å². The van der Waals surface area contributed by atoms with Crippen LogP contribution in [0.4, 0.5) is 0 Å². The summed E-state index contributed by atoms with van der Waals surface area (Å²) in [7, 11) is 0. The first-order valence-corrected chi connectivity index (χ1v) is 9.82. The zero-order chi connectivity index (χ0) is 20.6. The number of benzene rings is 1.